The van der Waals surface area contributed by atoms with Crippen molar-refractivity contribution >= 4 is 11.0 Å². The van der Waals surface area contributed by atoms with Crippen LogP contribution in [0.3, 0.4) is 0 Å². The monoisotopic (exact) mass is 277 g/mol. The van der Waals surface area contributed by atoms with Crippen molar-refractivity contribution in [3.8, 4) is 5.75 Å². The zero-order chi connectivity index (χ0) is 14.6. The van der Waals surface area contributed by atoms with Gasteiger partial charge >= 0.3 is 0 Å². The molecule has 1 heterocycles. The zero-order valence-corrected chi connectivity index (χ0v) is 12.4. The Morgan fingerprint density at radius 2 is 2.15 bits per heavy atom. The largest absolute Gasteiger partial charge is 0.497 e. The van der Waals surface area contributed by atoms with E-state index in [1.54, 1.807) is 7.11 Å². The van der Waals surface area contributed by atoms with E-state index < -0.39 is 0 Å². The van der Waals surface area contributed by atoms with E-state index in [1.165, 1.54) is 0 Å². The highest BCUT2D eigenvalue weighted by atomic mass is 16.5. The smallest absolute Gasteiger partial charge is 0.134 e. The van der Waals surface area contributed by atoms with Gasteiger partial charge in [-0.05, 0) is 37.6 Å². The van der Waals surface area contributed by atoms with Crippen LogP contribution in [0.5, 0.6) is 5.75 Å². The molecule has 0 spiro atoms. The van der Waals surface area contributed by atoms with Crippen LogP contribution in [-0.4, -0.2) is 24.4 Å². The van der Waals surface area contributed by atoms with Gasteiger partial charge in [0, 0.05) is 10.9 Å². The average molecular weight is 277 g/mol. The quantitative estimate of drug-likeness (QED) is 0.816. The molecule has 2 aromatic rings. The highest BCUT2D eigenvalue weighted by Crippen LogP contribution is 2.24. The number of hydrogen-bond acceptors (Lipinski definition) is 4. The molecule has 1 unspecified atom stereocenters. The molecule has 0 radical (unpaired) electrons. The number of rotatable bonds is 7. The van der Waals surface area contributed by atoms with Gasteiger partial charge in [0.15, 0.2) is 0 Å². The first-order valence-corrected chi connectivity index (χ1v) is 7.02. The van der Waals surface area contributed by atoms with Crippen LogP contribution in [0.1, 0.15) is 32.4 Å². The fraction of sp³-hybridized carbons (Fsp3) is 0.500. The average Bonchev–Trinajstić information content (AvgIpc) is 2.87. The summed E-state index contributed by atoms with van der Waals surface area (Å²) >= 11 is 0. The Labute approximate surface area is 119 Å². The van der Waals surface area contributed by atoms with Crippen molar-refractivity contribution in [2.45, 2.75) is 38.8 Å². The van der Waals surface area contributed by atoms with Crippen LogP contribution in [0.2, 0.25) is 0 Å². The molecule has 0 amide bonds. The van der Waals surface area contributed by atoms with E-state index in [0.29, 0.717) is 6.54 Å². The number of aliphatic hydroxyl groups is 1. The molecular weight excluding hydrogens is 254 g/mol. The highest BCUT2D eigenvalue weighted by molar-refractivity contribution is 5.79. The molecule has 0 fully saturated rings. The van der Waals surface area contributed by atoms with E-state index in [2.05, 4.69) is 12.2 Å². The van der Waals surface area contributed by atoms with Gasteiger partial charge in [0.1, 0.15) is 17.1 Å². The summed E-state index contributed by atoms with van der Waals surface area (Å²) in [6, 6.07) is 7.77. The van der Waals surface area contributed by atoms with Crippen molar-refractivity contribution in [1.82, 2.24) is 5.32 Å². The van der Waals surface area contributed by atoms with Gasteiger partial charge in [0.2, 0.25) is 0 Å². The summed E-state index contributed by atoms with van der Waals surface area (Å²) in [7, 11) is 1.65. The second kappa shape index (κ2) is 6.29. The second-order valence-electron chi connectivity index (χ2n) is 5.44. The molecule has 1 atom stereocenters. The van der Waals surface area contributed by atoms with Crippen molar-refractivity contribution in [1.29, 1.82) is 0 Å². The Balaban J connectivity index is 2.10. The van der Waals surface area contributed by atoms with Crippen molar-refractivity contribution in [2.75, 3.05) is 13.7 Å². The second-order valence-corrected chi connectivity index (χ2v) is 5.44. The van der Waals surface area contributed by atoms with E-state index in [-0.39, 0.29) is 12.1 Å². The van der Waals surface area contributed by atoms with Gasteiger partial charge in [0.05, 0.1) is 20.3 Å². The number of benzene rings is 1. The summed E-state index contributed by atoms with van der Waals surface area (Å²) in [5, 5.41) is 13.9. The predicted molar refractivity (Wildman–Crippen MR) is 80.0 cm³/mol. The van der Waals surface area contributed by atoms with Crippen LogP contribution in [0.15, 0.2) is 28.7 Å². The van der Waals surface area contributed by atoms with E-state index >= 15 is 0 Å². The fourth-order valence-corrected chi connectivity index (χ4v) is 2.37. The lowest BCUT2D eigenvalue weighted by molar-refractivity contribution is 0.161. The molecule has 0 aliphatic heterocycles. The molecule has 20 heavy (non-hydrogen) atoms. The summed E-state index contributed by atoms with van der Waals surface area (Å²) in [6.45, 7) is 4.87. The van der Waals surface area contributed by atoms with Crippen molar-refractivity contribution in [3.05, 3.63) is 30.0 Å². The normalized spacial score (nSPS) is 14.4. The molecule has 1 aromatic carbocycles. The number of methoxy groups -OCH3 is 1. The van der Waals surface area contributed by atoms with E-state index in [1.807, 2.05) is 31.2 Å². The minimum Gasteiger partial charge on any atom is -0.497 e. The molecule has 0 bridgehead atoms. The Morgan fingerprint density at radius 1 is 1.35 bits per heavy atom. The molecule has 2 rings (SSSR count). The molecular formula is C16H23NO3. The predicted octanol–water partition coefficient (Wildman–Crippen LogP) is 3.08. The first-order chi connectivity index (χ1) is 9.60. The summed E-state index contributed by atoms with van der Waals surface area (Å²) in [5.41, 5.74) is 0.592. The Hall–Kier alpha value is -1.52. The minimum atomic E-state index is -0.259. The van der Waals surface area contributed by atoms with E-state index in [0.717, 1.165) is 35.3 Å². The molecule has 4 heteroatoms. The molecule has 110 valence electrons. The first kappa shape index (κ1) is 14.9. The summed E-state index contributed by atoms with van der Waals surface area (Å²) in [4.78, 5) is 0. The zero-order valence-electron chi connectivity index (χ0n) is 12.4. The molecule has 1 aromatic heterocycles. The van der Waals surface area contributed by atoms with Crippen LogP contribution in [0, 0.1) is 0 Å². The fourth-order valence-electron chi connectivity index (χ4n) is 2.37. The highest BCUT2D eigenvalue weighted by Gasteiger charge is 2.21. The Kier molecular flexibility index (Phi) is 4.68. The standard InChI is InChI=1S/C16H23NO3/c1-4-7-16(2,11-18)17-10-14-9-12-8-13(19-3)5-6-15(12)20-14/h5-6,8-9,17-18H,4,7,10-11H2,1-3H3. The molecule has 4 nitrogen and oxygen atoms in total. The third-order valence-corrected chi connectivity index (χ3v) is 3.61. The minimum absolute atomic E-state index is 0.120. The number of ether oxygens (including phenoxy) is 1. The maximum atomic E-state index is 9.49. The van der Waals surface area contributed by atoms with E-state index in [4.69, 9.17) is 9.15 Å². The lowest BCUT2D eigenvalue weighted by atomic mass is 9.97. The third kappa shape index (κ3) is 3.32. The summed E-state index contributed by atoms with van der Waals surface area (Å²) in [6.07, 6.45) is 1.96. The van der Waals surface area contributed by atoms with Crippen LogP contribution in [-0.2, 0) is 6.54 Å². The number of aliphatic hydroxyl groups excluding tert-OH is 1. The van der Waals surface area contributed by atoms with Crippen molar-refractivity contribution in [2.24, 2.45) is 0 Å². The lowest BCUT2D eigenvalue weighted by Gasteiger charge is -2.28. The Morgan fingerprint density at radius 3 is 2.80 bits per heavy atom. The van der Waals surface area contributed by atoms with Gasteiger partial charge in [-0.3, -0.25) is 0 Å². The number of fused-ring (bicyclic) bond motifs is 1. The maximum absolute atomic E-state index is 9.49. The van der Waals surface area contributed by atoms with Crippen molar-refractivity contribution in [3.63, 3.8) is 0 Å². The third-order valence-electron chi connectivity index (χ3n) is 3.61. The molecule has 0 aliphatic rings. The van der Waals surface area contributed by atoms with E-state index in [9.17, 15) is 5.11 Å². The van der Waals surface area contributed by atoms with Crippen LogP contribution in [0.4, 0.5) is 0 Å². The van der Waals surface area contributed by atoms with Gasteiger partial charge in [-0.1, -0.05) is 13.3 Å². The van der Waals surface area contributed by atoms with Gasteiger partial charge < -0.3 is 19.6 Å². The van der Waals surface area contributed by atoms with Gasteiger partial charge in [-0.25, -0.2) is 0 Å². The SMILES string of the molecule is CCCC(C)(CO)NCc1cc2cc(OC)ccc2o1. The molecule has 0 saturated carbocycles. The Bertz CT molecular complexity index is 564. The molecule has 2 N–H and O–H groups in total. The van der Waals surface area contributed by atoms with Gasteiger partial charge in [-0.15, -0.1) is 0 Å². The lowest BCUT2D eigenvalue weighted by Crippen LogP contribution is -2.45. The van der Waals surface area contributed by atoms with Crippen LogP contribution in [0.25, 0.3) is 11.0 Å². The maximum Gasteiger partial charge on any atom is 0.134 e. The first-order valence-electron chi connectivity index (χ1n) is 7.02. The van der Waals surface area contributed by atoms with Gasteiger partial charge in [-0.2, -0.15) is 0 Å². The molecule has 0 saturated heterocycles. The topological polar surface area (TPSA) is 54.6 Å². The molecule has 0 aliphatic carbocycles. The summed E-state index contributed by atoms with van der Waals surface area (Å²) < 4.78 is 11.0. The number of hydrogen-bond donors (Lipinski definition) is 2. The van der Waals surface area contributed by atoms with Gasteiger partial charge in [0.25, 0.3) is 0 Å². The summed E-state index contributed by atoms with van der Waals surface area (Å²) in [5.74, 6) is 1.69. The van der Waals surface area contributed by atoms with Crippen LogP contribution >= 0.6 is 0 Å². The van der Waals surface area contributed by atoms with Crippen molar-refractivity contribution < 1.29 is 14.3 Å². The van der Waals surface area contributed by atoms with Crippen LogP contribution < -0.4 is 10.1 Å². The number of furan rings is 1. The number of nitrogens with one attached hydrogen (secondary N) is 1.